The molecule has 2 aromatic rings. The Labute approximate surface area is 161 Å². The summed E-state index contributed by atoms with van der Waals surface area (Å²) in [6.07, 6.45) is 2.79. The van der Waals surface area contributed by atoms with E-state index in [2.05, 4.69) is 15.0 Å². The molecule has 0 aliphatic carbocycles. The van der Waals surface area contributed by atoms with Crippen molar-refractivity contribution in [2.24, 2.45) is 0 Å². The minimum absolute atomic E-state index is 0.0126. The van der Waals surface area contributed by atoms with Crippen molar-refractivity contribution in [1.82, 2.24) is 10.3 Å². The van der Waals surface area contributed by atoms with Crippen LogP contribution in [0, 0.1) is 6.92 Å². The van der Waals surface area contributed by atoms with Crippen molar-refractivity contribution in [2.45, 2.75) is 45.3 Å². The number of nitrogens with zero attached hydrogens (tertiary/aromatic N) is 2. The number of aromatic nitrogens is 1. The number of thiazole rings is 1. The fraction of sp³-hybridized carbons (Fsp3) is 0.474. The number of nitrogens with one attached hydrogen (secondary N) is 1. The lowest BCUT2D eigenvalue weighted by Gasteiger charge is -2.22. The van der Waals surface area contributed by atoms with Gasteiger partial charge in [-0.25, -0.2) is 4.98 Å². The Morgan fingerprint density at radius 1 is 1.44 bits per heavy atom. The average molecular weight is 395 g/mol. The number of aryl methyl sites for hydroxylation is 2. The molecule has 2 heterocycles. The summed E-state index contributed by atoms with van der Waals surface area (Å²) in [7, 11) is 0. The normalized spacial score (nSPS) is 16.7. The number of anilines is 1. The summed E-state index contributed by atoms with van der Waals surface area (Å²) >= 11 is 1.62. The molecule has 27 heavy (non-hydrogen) atoms. The highest BCUT2D eigenvalue weighted by molar-refractivity contribution is 7.09. The molecular weight excluding hydrogens is 372 g/mol. The molecule has 1 N–H and O–H groups in total. The molecule has 1 amide bonds. The first-order valence-electron chi connectivity index (χ1n) is 9.00. The van der Waals surface area contributed by atoms with Gasteiger partial charge in [-0.1, -0.05) is 12.1 Å². The number of ether oxygens (including phenoxy) is 1. The van der Waals surface area contributed by atoms with Crippen molar-refractivity contribution in [2.75, 3.05) is 18.0 Å². The molecule has 3 rings (SSSR count). The molecule has 5 nitrogen and oxygen atoms in total. The maximum absolute atomic E-state index is 12.6. The molecule has 0 bridgehead atoms. The van der Waals surface area contributed by atoms with E-state index in [-0.39, 0.29) is 17.7 Å². The summed E-state index contributed by atoms with van der Waals surface area (Å²) in [5, 5.41) is 6.11. The molecule has 1 fully saturated rings. The largest absolute Gasteiger partial charge is 0.433 e. The number of hydrogen-bond donors (Lipinski definition) is 1. The van der Waals surface area contributed by atoms with E-state index in [1.807, 2.05) is 17.2 Å². The van der Waals surface area contributed by atoms with Gasteiger partial charge >= 0.3 is 6.61 Å². The van der Waals surface area contributed by atoms with Gasteiger partial charge in [0.05, 0.1) is 16.4 Å². The van der Waals surface area contributed by atoms with Crippen molar-refractivity contribution >= 4 is 22.9 Å². The lowest BCUT2D eigenvalue weighted by molar-refractivity contribution is -0.121. The van der Waals surface area contributed by atoms with Crippen molar-refractivity contribution in [3.63, 3.8) is 0 Å². The zero-order valence-electron chi connectivity index (χ0n) is 15.2. The number of benzene rings is 1. The van der Waals surface area contributed by atoms with Crippen LogP contribution in [0.4, 0.5) is 14.5 Å². The molecule has 1 aliphatic rings. The smallest absolute Gasteiger partial charge is 0.387 e. The molecule has 0 spiro atoms. The standard InChI is InChI=1S/C19H23F2N3O2S/c1-13-22-15(12-27-13)5-4-8-18(25)23-14-9-10-24(11-14)16-6-2-3-7-17(16)26-19(20)21/h2-3,6-7,12,14,19H,4-5,8-11H2,1H3,(H,23,25). The fourth-order valence-corrected chi connectivity index (χ4v) is 3.91. The number of alkyl halides is 2. The van der Waals surface area contributed by atoms with E-state index in [1.165, 1.54) is 6.07 Å². The van der Waals surface area contributed by atoms with E-state index in [9.17, 15) is 13.6 Å². The number of carbonyl (C=O) groups is 1. The lowest BCUT2D eigenvalue weighted by Crippen LogP contribution is -2.37. The zero-order valence-corrected chi connectivity index (χ0v) is 16.0. The highest BCUT2D eigenvalue weighted by atomic mass is 32.1. The monoisotopic (exact) mass is 395 g/mol. The summed E-state index contributed by atoms with van der Waals surface area (Å²) in [6.45, 7) is 0.385. The van der Waals surface area contributed by atoms with Crippen LogP contribution in [0.3, 0.4) is 0 Å². The molecule has 1 aliphatic heterocycles. The number of amides is 1. The van der Waals surface area contributed by atoms with Crippen LogP contribution in [0.2, 0.25) is 0 Å². The Kier molecular flexibility index (Phi) is 6.60. The van der Waals surface area contributed by atoms with Gasteiger partial charge < -0.3 is 15.0 Å². The molecule has 8 heteroatoms. The van der Waals surface area contributed by atoms with E-state index in [1.54, 1.807) is 29.5 Å². The maximum atomic E-state index is 12.6. The lowest BCUT2D eigenvalue weighted by atomic mass is 10.2. The second-order valence-corrected chi connectivity index (χ2v) is 7.62. The second kappa shape index (κ2) is 9.12. The van der Waals surface area contributed by atoms with Gasteiger partial charge in [0.2, 0.25) is 5.91 Å². The Morgan fingerprint density at radius 2 is 2.26 bits per heavy atom. The third-order valence-electron chi connectivity index (χ3n) is 4.48. The van der Waals surface area contributed by atoms with Crippen molar-refractivity contribution in [3.05, 3.63) is 40.3 Å². The topological polar surface area (TPSA) is 54.5 Å². The number of para-hydroxylation sites is 2. The first kappa shape index (κ1) is 19.5. The molecule has 1 aromatic carbocycles. The van der Waals surface area contributed by atoms with E-state index in [0.717, 1.165) is 30.0 Å². The maximum Gasteiger partial charge on any atom is 0.387 e. The summed E-state index contributed by atoms with van der Waals surface area (Å²) in [5.41, 5.74) is 1.67. The predicted molar refractivity (Wildman–Crippen MR) is 102 cm³/mol. The Hall–Kier alpha value is -2.22. The number of carbonyl (C=O) groups excluding carboxylic acids is 1. The van der Waals surface area contributed by atoms with Crippen LogP contribution >= 0.6 is 11.3 Å². The molecule has 1 atom stereocenters. The Bertz CT molecular complexity index is 769. The number of halogens is 2. The molecule has 0 radical (unpaired) electrons. The Morgan fingerprint density at radius 3 is 3.00 bits per heavy atom. The molecular formula is C19H23F2N3O2S. The summed E-state index contributed by atoms with van der Waals surface area (Å²) in [4.78, 5) is 18.5. The van der Waals surface area contributed by atoms with Crippen LogP contribution in [0.25, 0.3) is 0 Å². The van der Waals surface area contributed by atoms with Crippen molar-refractivity contribution in [1.29, 1.82) is 0 Å². The van der Waals surface area contributed by atoms with Crippen LogP contribution in [0.5, 0.6) is 5.75 Å². The minimum atomic E-state index is -2.86. The summed E-state index contributed by atoms with van der Waals surface area (Å²) in [5.74, 6) is 0.184. The number of hydrogen-bond acceptors (Lipinski definition) is 5. The van der Waals surface area contributed by atoms with E-state index in [0.29, 0.717) is 25.2 Å². The van der Waals surface area contributed by atoms with Crippen LogP contribution < -0.4 is 15.0 Å². The van der Waals surface area contributed by atoms with E-state index >= 15 is 0 Å². The molecule has 1 aromatic heterocycles. The molecule has 0 saturated carbocycles. The molecule has 1 unspecified atom stereocenters. The van der Waals surface area contributed by atoms with E-state index < -0.39 is 6.61 Å². The minimum Gasteiger partial charge on any atom is -0.433 e. The third-order valence-corrected chi connectivity index (χ3v) is 5.30. The zero-order chi connectivity index (χ0) is 19.2. The quantitative estimate of drug-likeness (QED) is 0.739. The van der Waals surface area contributed by atoms with Gasteiger partial charge in [-0.05, 0) is 38.3 Å². The molecule has 1 saturated heterocycles. The van der Waals surface area contributed by atoms with Gasteiger partial charge in [-0.15, -0.1) is 11.3 Å². The van der Waals surface area contributed by atoms with E-state index in [4.69, 9.17) is 0 Å². The highest BCUT2D eigenvalue weighted by Gasteiger charge is 2.26. The predicted octanol–water partition coefficient (Wildman–Crippen LogP) is 3.77. The molecule has 146 valence electrons. The van der Waals surface area contributed by atoms with Gasteiger partial charge in [0.15, 0.2) is 0 Å². The fourth-order valence-electron chi connectivity index (χ4n) is 3.26. The van der Waals surface area contributed by atoms with Gasteiger partial charge in [0, 0.05) is 30.9 Å². The first-order chi connectivity index (χ1) is 13.0. The Balaban J connectivity index is 1.46. The summed E-state index contributed by atoms with van der Waals surface area (Å²) in [6, 6.07) is 6.77. The number of rotatable bonds is 8. The van der Waals surface area contributed by atoms with Crippen LogP contribution in [-0.2, 0) is 11.2 Å². The average Bonchev–Trinajstić information content (AvgIpc) is 3.24. The highest BCUT2D eigenvalue weighted by Crippen LogP contribution is 2.31. The van der Waals surface area contributed by atoms with Crippen LogP contribution in [0.15, 0.2) is 29.6 Å². The van der Waals surface area contributed by atoms with Crippen LogP contribution in [-0.4, -0.2) is 36.6 Å². The van der Waals surface area contributed by atoms with Gasteiger partial charge in [0.25, 0.3) is 0 Å². The van der Waals surface area contributed by atoms with Gasteiger partial charge in [-0.3, -0.25) is 4.79 Å². The SMILES string of the molecule is Cc1nc(CCCC(=O)NC2CCN(c3ccccc3OC(F)F)C2)cs1. The van der Waals surface area contributed by atoms with Gasteiger partial charge in [-0.2, -0.15) is 8.78 Å². The van der Waals surface area contributed by atoms with Crippen molar-refractivity contribution < 1.29 is 18.3 Å². The summed E-state index contributed by atoms with van der Waals surface area (Å²) < 4.78 is 29.8. The van der Waals surface area contributed by atoms with Gasteiger partial charge in [0.1, 0.15) is 5.75 Å². The van der Waals surface area contributed by atoms with Crippen LogP contribution in [0.1, 0.15) is 30.0 Å². The van der Waals surface area contributed by atoms with Crippen molar-refractivity contribution in [3.8, 4) is 5.75 Å². The first-order valence-corrected chi connectivity index (χ1v) is 9.88. The third kappa shape index (κ3) is 5.63. The second-order valence-electron chi connectivity index (χ2n) is 6.56.